The minimum Gasteiger partial charge on any atom is -0.478 e. The summed E-state index contributed by atoms with van der Waals surface area (Å²) in [5, 5.41) is 8.83. The Morgan fingerprint density at radius 1 is 1.23 bits per heavy atom. The highest BCUT2D eigenvalue weighted by atomic mass is 19.4. The Morgan fingerprint density at radius 2 is 1.96 bits per heavy atom. The lowest BCUT2D eigenvalue weighted by Crippen LogP contribution is -2.04. The lowest BCUT2D eigenvalue weighted by atomic mass is 10.2. The van der Waals surface area contributed by atoms with Crippen molar-refractivity contribution in [2.75, 3.05) is 0 Å². The number of carboxylic acids is 1. The van der Waals surface area contributed by atoms with Gasteiger partial charge in [0.05, 0.1) is 16.8 Å². The van der Waals surface area contributed by atoms with E-state index < -0.39 is 17.7 Å². The molecule has 0 amide bonds. The van der Waals surface area contributed by atoms with Crippen molar-refractivity contribution in [1.29, 1.82) is 0 Å². The lowest BCUT2D eigenvalue weighted by molar-refractivity contribution is -0.137. The van der Waals surface area contributed by atoms with Crippen molar-refractivity contribution in [2.45, 2.75) is 13.1 Å². The van der Waals surface area contributed by atoms with E-state index in [0.717, 1.165) is 12.3 Å². The van der Waals surface area contributed by atoms with Crippen LogP contribution in [0.3, 0.4) is 0 Å². The summed E-state index contributed by atoms with van der Waals surface area (Å²) < 4.78 is 47.8. The molecule has 1 aromatic carbocycles. The van der Waals surface area contributed by atoms with Crippen LogP contribution in [0.4, 0.5) is 17.6 Å². The number of carbonyl (C=O) groups is 1. The molecule has 0 aliphatic heterocycles. The van der Waals surface area contributed by atoms with Gasteiger partial charge in [0.15, 0.2) is 5.82 Å². The van der Waals surface area contributed by atoms with Gasteiger partial charge in [-0.2, -0.15) is 13.2 Å². The molecule has 26 heavy (non-hydrogen) atoms. The normalized spacial score (nSPS) is 10.8. The van der Waals surface area contributed by atoms with Gasteiger partial charge in [0.1, 0.15) is 5.82 Å². The number of aromatic nitrogens is 3. The number of benzene rings is 1. The van der Waals surface area contributed by atoms with Crippen molar-refractivity contribution in [2.24, 2.45) is 0 Å². The first kappa shape index (κ1) is 19.1. The van der Waals surface area contributed by atoms with Gasteiger partial charge in [-0.15, -0.1) is 0 Å². The van der Waals surface area contributed by atoms with Gasteiger partial charge >= 0.3 is 12.1 Å². The number of alkyl halides is 3. The largest absolute Gasteiger partial charge is 0.478 e. The summed E-state index contributed by atoms with van der Waals surface area (Å²) in [4.78, 5) is 21.1. The number of carboxylic acid groups (broad SMARTS) is 1. The predicted octanol–water partition coefficient (Wildman–Crippen LogP) is 4.32. The predicted molar refractivity (Wildman–Crippen MR) is 84.9 cm³/mol. The van der Waals surface area contributed by atoms with Gasteiger partial charge in [-0.25, -0.2) is 19.2 Å². The fraction of sp³-hybridized carbons (Fsp3) is 0.118. The second-order valence-corrected chi connectivity index (χ2v) is 5.11. The third kappa shape index (κ3) is 4.88. The van der Waals surface area contributed by atoms with Crippen LogP contribution in [-0.2, 0) is 6.18 Å². The van der Waals surface area contributed by atoms with Gasteiger partial charge in [-0.3, -0.25) is 0 Å². The van der Waals surface area contributed by atoms with Crippen molar-refractivity contribution >= 4 is 5.97 Å². The number of aromatic amines is 1. The number of rotatable bonds is 2. The van der Waals surface area contributed by atoms with Crippen LogP contribution in [0.2, 0.25) is 0 Å². The summed E-state index contributed by atoms with van der Waals surface area (Å²) in [6.07, 6.45) is -0.826. The Kier molecular flexibility index (Phi) is 5.71. The molecule has 0 atom stereocenters. The van der Waals surface area contributed by atoms with Crippen LogP contribution in [-0.4, -0.2) is 26.0 Å². The minimum absolute atomic E-state index is 0.0464. The molecule has 2 N–H and O–H groups in total. The van der Waals surface area contributed by atoms with Gasteiger partial charge in [0.2, 0.25) is 0 Å². The molecular weight excluding hydrogens is 354 g/mol. The van der Waals surface area contributed by atoms with Crippen LogP contribution in [0.1, 0.15) is 21.6 Å². The van der Waals surface area contributed by atoms with Gasteiger partial charge in [0.25, 0.3) is 0 Å². The van der Waals surface area contributed by atoms with Gasteiger partial charge in [-0.05, 0) is 25.1 Å². The molecule has 0 saturated heterocycles. The summed E-state index contributed by atoms with van der Waals surface area (Å²) in [7, 11) is 0. The Morgan fingerprint density at radius 3 is 2.42 bits per heavy atom. The standard InChI is InChI=1S/C12H9FN2O2.C5H4F3N/c1-7-10(12(16)17)6-14-11(15-7)8-3-2-4-9(13)5-8;6-5(7,8)4-1-2-9-3-4/h2-6H,1H3,(H,16,17);1-3,9H. The second kappa shape index (κ2) is 7.77. The molecule has 0 saturated carbocycles. The van der Waals surface area contributed by atoms with Crippen LogP contribution in [0, 0.1) is 12.7 Å². The molecule has 136 valence electrons. The topological polar surface area (TPSA) is 78.9 Å². The highest BCUT2D eigenvalue weighted by Gasteiger charge is 2.30. The summed E-state index contributed by atoms with van der Waals surface area (Å²) in [5.41, 5.74) is 0.282. The number of nitrogens with one attached hydrogen (secondary N) is 1. The van der Waals surface area contributed by atoms with Crippen LogP contribution in [0.5, 0.6) is 0 Å². The zero-order valence-corrected chi connectivity index (χ0v) is 13.4. The average Bonchev–Trinajstić information content (AvgIpc) is 3.10. The van der Waals surface area contributed by atoms with Crippen LogP contribution >= 0.6 is 0 Å². The molecule has 0 aliphatic rings. The number of aryl methyl sites for hydroxylation is 1. The maximum Gasteiger partial charge on any atom is 0.417 e. The van der Waals surface area contributed by atoms with Crippen LogP contribution in [0.25, 0.3) is 11.4 Å². The summed E-state index contributed by atoms with van der Waals surface area (Å²) >= 11 is 0. The van der Waals surface area contributed by atoms with Gasteiger partial charge in [0, 0.05) is 24.2 Å². The fourth-order valence-electron chi connectivity index (χ4n) is 1.94. The van der Waals surface area contributed by atoms with Crippen molar-refractivity contribution in [3.05, 3.63) is 71.6 Å². The molecule has 2 heterocycles. The zero-order chi connectivity index (χ0) is 19.3. The summed E-state index contributed by atoms with van der Waals surface area (Å²) in [6.45, 7) is 1.58. The van der Waals surface area contributed by atoms with Gasteiger partial charge in [-0.1, -0.05) is 12.1 Å². The molecule has 9 heteroatoms. The van der Waals surface area contributed by atoms with E-state index in [1.165, 1.54) is 24.5 Å². The SMILES string of the molecule is Cc1nc(-c2cccc(F)c2)ncc1C(=O)O.FC(F)(F)c1cc[nH]c1. The molecular formula is C17H13F4N3O2. The van der Waals surface area contributed by atoms with Crippen molar-refractivity contribution in [1.82, 2.24) is 15.0 Å². The Hall–Kier alpha value is -3.23. The van der Waals surface area contributed by atoms with E-state index in [1.54, 1.807) is 19.1 Å². The molecule has 0 radical (unpaired) electrons. The second-order valence-electron chi connectivity index (χ2n) is 5.11. The van der Waals surface area contributed by atoms with Crippen molar-refractivity contribution in [3.8, 4) is 11.4 Å². The number of hydrogen-bond acceptors (Lipinski definition) is 3. The van der Waals surface area contributed by atoms with E-state index in [1.807, 2.05) is 0 Å². The number of halogens is 4. The minimum atomic E-state index is -4.21. The third-order valence-corrected chi connectivity index (χ3v) is 3.22. The number of aromatic carboxylic acids is 1. The third-order valence-electron chi connectivity index (χ3n) is 3.22. The molecule has 0 spiro atoms. The van der Waals surface area contributed by atoms with Crippen molar-refractivity contribution < 1.29 is 27.5 Å². The zero-order valence-electron chi connectivity index (χ0n) is 13.4. The Labute approximate surface area is 145 Å². The van der Waals surface area contributed by atoms with E-state index in [0.29, 0.717) is 17.1 Å². The molecule has 5 nitrogen and oxygen atoms in total. The van der Waals surface area contributed by atoms with E-state index in [-0.39, 0.29) is 11.4 Å². The summed E-state index contributed by atoms with van der Waals surface area (Å²) in [6, 6.07) is 6.82. The van der Waals surface area contributed by atoms with Crippen LogP contribution < -0.4 is 0 Å². The first-order valence-corrected chi connectivity index (χ1v) is 7.21. The highest BCUT2D eigenvalue weighted by Crippen LogP contribution is 2.28. The molecule has 0 bridgehead atoms. The highest BCUT2D eigenvalue weighted by molar-refractivity contribution is 5.88. The monoisotopic (exact) mass is 367 g/mol. The Bertz CT molecular complexity index is 893. The average molecular weight is 367 g/mol. The van der Waals surface area contributed by atoms with Crippen molar-refractivity contribution in [3.63, 3.8) is 0 Å². The first-order valence-electron chi connectivity index (χ1n) is 7.21. The molecule has 3 aromatic rings. The quantitative estimate of drug-likeness (QED) is 0.661. The molecule has 2 aromatic heterocycles. The molecule has 3 rings (SSSR count). The fourth-order valence-corrected chi connectivity index (χ4v) is 1.94. The number of nitrogens with zero attached hydrogens (tertiary/aromatic N) is 2. The van der Waals surface area contributed by atoms with E-state index >= 15 is 0 Å². The molecule has 0 aliphatic carbocycles. The summed E-state index contributed by atoms with van der Waals surface area (Å²) in [5.74, 6) is -1.15. The van der Waals surface area contributed by atoms with Crippen LogP contribution in [0.15, 0.2) is 48.9 Å². The first-order chi connectivity index (χ1) is 12.2. The molecule has 0 unspecified atom stereocenters. The lowest BCUT2D eigenvalue weighted by Gasteiger charge is -2.03. The maximum atomic E-state index is 13.0. The van der Waals surface area contributed by atoms with E-state index in [4.69, 9.17) is 5.11 Å². The van der Waals surface area contributed by atoms with E-state index in [9.17, 15) is 22.4 Å². The van der Waals surface area contributed by atoms with Gasteiger partial charge < -0.3 is 10.1 Å². The number of hydrogen-bond donors (Lipinski definition) is 2. The maximum absolute atomic E-state index is 13.0. The Balaban J connectivity index is 0.000000228. The smallest absolute Gasteiger partial charge is 0.417 e. The number of H-pyrrole nitrogens is 1. The van der Waals surface area contributed by atoms with E-state index in [2.05, 4.69) is 15.0 Å². The molecule has 0 fully saturated rings.